The predicted molar refractivity (Wildman–Crippen MR) is 162 cm³/mol. The minimum absolute atomic E-state index is 0.0411. The first-order chi connectivity index (χ1) is 19.5. The zero-order valence-corrected chi connectivity index (χ0v) is 23.7. The predicted octanol–water partition coefficient (Wildman–Crippen LogP) is 5.71. The van der Waals surface area contributed by atoms with Crippen LogP contribution in [0.2, 0.25) is 0 Å². The molecule has 0 radical (unpaired) electrons. The van der Waals surface area contributed by atoms with E-state index in [1.54, 1.807) is 6.08 Å². The molecule has 3 atom stereocenters. The fourth-order valence-electron chi connectivity index (χ4n) is 6.11. The van der Waals surface area contributed by atoms with Crippen molar-refractivity contribution in [3.63, 3.8) is 0 Å². The summed E-state index contributed by atoms with van der Waals surface area (Å²) >= 11 is 0. The van der Waals surface area contributed by atoms with E-state index in [4.69, 9.17) is 0 Å². The van der Waals surface area contributed by atoms with Gasteiger partial charge in [-0.15, -0.1) is 0 Å². The van der Waals surface area contributed by atoms with Crippen molar-refractivity contribution in [2.75, 3.05) is 19.6 Å². The third-order valence-corrected chi connectivity index (χ3v) is 8.45. The van der Waals surface area contributed by atoms with E-state index in [-0.39, 0.29) is 23.8 Å². The lowest BCUT2D eigenvalue weighted by Gasteiger charge is -2.30. The van der Waals surface area contributed by atoms with Gasteiger partial charge in [-0.2, -0.15) is 0 Å². The van der Waals surface area contributed by atoms with Crippen LogP contribution in [0.3, 0.4) is 0 Å². The molecule has 1 spiro atoms. The maximum absolute atomic E-state index is 14.1. The van der Waals surface area contributed by atoms with Gasteiger partial charge in [0.15, 0.2) is 0 Å². The van der Waals surface area contributed by atoms with Gasteiger partial charge in [-0.05, 0) is 54.9 Å². The second kappa shape index (κ2) is 12.6. The molecule has 3 unspecified atom stereocenters. The summed E-state index contributed by atoms with van der Waals surface area (Å²) in [4.78, 5) is 28.9. The fourth-order valence-corrected chi connectivity index (χ4v) is 6.11. The van der Waals surface area contributed by atoms with Crippen molar-refractivity contribution in [2.24, 2.45) is 5.92 Å². The molecule has 0 bridgehead atoms. The van der Waals surface area contributed by atoms with Gasteiger partial charge in [0.05, 0.1) is 0 Å². The first-order valence-electron chi connectivity index (χ1n) is 14.7. The molecule has 1 saturated heterocycles. The van der Waals surface area contributed by atoms with Crippen molar-refractivity contribution >= 4 is 17.9 Å². The molecule has 2 fully saturated rings. The Balaban J connectivity index is 1.30. The van der Waals surface area contributed by atoms with Gasteiger partial charge in [0.2, 0.25) is 11.8 Å². The van der Waals surface area contributed by atoms with Gasteiger partial charge in [0, 0.05) is 37.7 Å². The first-order valence-corrected chi connectivity index (χ1v) is 14.7. The molecule has 5 heteroatoms. The summed E-state index contributed by atoms with van der Waals surface area (Å²) in [5.41, 5.74) is 4.12. The highest BCUT2D eigenvalue weighted by atomic mass is 16.2. The number of nitrogens with one attached hydrogen (secondary N) is 2. The molecule has 40 heavy (non-hydrogen) atoms. The van der Waals surface area contributed by atoms with E-state index in [9.17, 15) is 9.59 Å². The van der Waals surface area contributed by atoms with E-state index in [0.29, 0.717) is 25.6 Å². The van der Waals surface area contributed by atoms with E-state index in [0.717, 1.165) is 31.2 Å². The number of hydrogen-bond acceptors (Lipinski definition) is 3. The molecule has 3 aromatic rings. The average molecular weight is 536 g/mol. The summed E-state index contributed by atoms with van der Waals surface area (Å²) in [6.07, 6.45) is 7.19. The summed E-state index contributed by atoms with van der Waals surface area (Å²) in [5.74, 6) is 0.556. The molecule has 1 aliphatic heterocycles. The summed E-state index contributed by atoms with van der Waals surface area (Å²) in [6, 6.07) is 29.1. The summed E-state index contributed by atoms with van der Waals surface area (Å²) in [7, 11) is 0. The monoisotopic (exact) mass is 535 g/mol. The van der Waals surface area contributed by atoms with Crippen molar-refractivity contribution in [3.8, 4) is 0 Å². The van der Waals surface area contributed by atoms with E-state index in [1.807, 2.05) is 49.4 Å². The number of carbonyl (C=O) groups is 2. The molecular formula is C35H41N3O2. The van der Waals surface area contributed by atoms with Crippen molar-refractivity contribution < 1.29 is 9.59 Å². The average Bonchev–Trinajstić information content (AvgIpc) is 3.71. The second-order valence-corrected chi connectivity index (χ2v) is 11.4. The zero-order valence-electron chi connectivity index (χ0n) is 23.7. The molecule has 5 nitrogen and oxygen atoms in total. The Hall–Kier alpha value is -3.70. The van der Waals surface area contributed by atoms with Gasteiger partial charge < -0.3 is 10.2 Å². The highest BCUT2D eigenvalue weighted by Crippen LogP contribution is 2.49. The quantitative estimate of drug-likeness (QED) is 0.327. The van der Waals surface area contributed by atoms with Gasteiger partial charge in [0.25, 0.3) is 0 Å². The molecule has 2 aliphatic rings. The van der Waals surface area contributed by atoms with E-state index < -0.39 is 5.54 Å². The maximum Gasteiger partial charge on any atom is 0.244 e. The lowest BCUT2D eigenvalue weighted by Crippen LogP contribution is -2.52. The Labute approximate surface area is 238 Å². The van der Waals surface area contributed by atoms with Crippen molar-refractivity contribution in [2.45, 2.75) is 57.0 Å². The Morgan fingerprint density at radius 2 is 1.68 bits per heavy atom. The second-order valence-electron chi connectivity index (χ2n) is 11.4. The minimum atomic E-state index is -0.516. The molecule has 208 valence electrons. The summed E-state index contributed by atoms with van der Waals surface area (Å²) in [6.45, 7) is 6.05. The number of benzene rings is 3. The van der Waals surface area contributed by atoms with Gasteiger partial charge in [-0.1, -0.05) is 104 Å². The zero-order chi connectivity index (χ0) is 28.0. The summed E-state index contributed by atoms with van der Waals surface area (Å²) in [5, 5.41) is 6.82. The molecule has 2 N–H and O–H groups in total. The molecule has 3 aromatic carbocycles. The molecule has 1 heterocycles. The highest BCUT2D eigenvalue weighted by molar-refractivity contribution is 5.92. The van der Waals surface area contributed by atoms with Crippen molar-refractivity contribution in [1.29, 1.82) is 0 Å². The number of rotatable bonds is 10. The van der Waals surface area contributed by atoms with E-state index in [1.165, 1.54) is 16.7 Å². The van der Waals surface area contributed by atoms with Gasteiger partial charge in [0.1, 0.15) is 5.54 Å². The van der Waals surface area contributed by atoms with Crippen LogP contribution in [-0.2, 0) is 9.59 Å². The van der Waals surface area contributed by atoms with Crippen LogP contribution in [0.5, 0.6) is 0 Å². The molecular weight excluding hydrogens is 494 g/mol. The Kier molecular flexibility index (Phi) is 8.81. The number of hydrogen-bond donors (Lipinski definition) is 2. The normalized spacial score (nSPS) is 22.6. The number of aryl methyl sites for hydroxylation is 1. The fraction of sp³-hybridized carbons (Fsp3) is 0.371. The van der Waals surface area contributed by atoms with Crippen LogP contribution in [0.25, 0.3) is 6.08 Å². The first kappa shape index (κ1) is 27.9. The Morgan fingerprint density at radius 1 is 1.02 bits per heavy atom. The molecule has 2 amide bonds. The van der Waals surface area contributed by atoms with Crippen molar-refractivity contribution in [3.05, 3.63) is 113 Å². The maximum atomic E-state index is 14.1. The third kappa shape index (κ3) is 6.53. The number of nitrogens with zero attached hydrogens (tertiary/aromatic N) is 1. The van der Waals surface area contributed by atoms with E-state index in [2.05, 4.69) is 71.0 Å². The van der Waals surface area contributed by atoms with Crippen molar-refractivity contribution in [1.82, 2.24) is 15.5 Å². The number of carbonyl (C=O) groups excluding carboxylic acids is 2. The Morgan fingerprint density at radius 3 is 2.30 bits per heavy atom. The standard InChI is InChI=1S/C35H41N3O2/c1-3-10-30-23-35(30)34(40)38(25-32(28-11-6-4-7-12-28)29-13-8-5-9-14-29)22-21-31(37-35)24-36-33(39)20-19-27-17-15-26(2)16-18-27/h4-9,11-20,30-32,37H,3,10,21-25H2,1-2H3,(H,36,39)/b20-19+. The molecule has 1 saturated carbocycles. The van der Waals surface area contributed by atoms with Crippen LogP contribution in [0, 0.1) is 12.8 Å². The largest absolute Gasteiger partial charge is 0.351 e. The van der Waals surface area contributed by atoms with Gasteiger partial charge in [-0.25, -0.2) is 0 Å². The third-order valence-electron chi connectivity index (χ3n) is 8.45. The van der Waals surface area contributed by atoms with Crippen LogP contribution in [0.1, 0.15) is 60.8 Å². The smallest absolute Gasteiger partial charge is 0.244 e. The summed E-state index contributed by atoms with van der Waals surface area (Å²) < 4.78 is 0. The van der Waals surface area contributed by atoms with Crippen LogP contribution in [-0.4, -0.2) is 47.9 Å². The minimum Gasteiger partial charge on any atom is -0.351 e. The molecule has 1 aliphatic carbocycles. The SMILES string of the molecule is CCCC1CC12NC(CNC(=O)/C=C/c1ccc(C)cc1)CCN(CC(c1ccccc1)c1ccccc1)C2=O. The van der Waals surface area contributed by atoms with Gasteiger partial charge in [-0.3, -0.25) is 14.9 Å². The number of amides is 2. The van der Waals surface area contributed by atoms with Gasteiger partial charge >= 0.3 is 0 Å². The topological polar surface area (TPSA) is 61.4 Å². The van der Waals surface area contributed by atoms with Crippen LogP contribution in [0.15, 0.2) is 91.0 Å². The lowest BCUT2D eigenvalue weighted by atomic mass is 9.90. The molecule has 0 aromatic heterocycles. The van der Waals surface area contributed by atoms with Crippen LogP contribution >= 0.6 is 0 Å². The highest BCUT2D eigenvalue weighted by Gasteiger charge is 2.61. The van der Waals surface area contributed by atoms with Crippen LogP contribution in [0.4, 0.5) is 0 Å². The molecule has 5 rings (SSSR count). The van der Waals surface area contributed by atoms with E-state index >= 15 is 0 Å². The Bertz CT molecular complexity index is 1270. The van der Waals surface area contributed by atoms with Crippen LogP contribution < -0.4 is 10.6 Å². The lowest BCUT2D eigenvalue weighted by molar-refractivity contribution is -0.134.